The smallest absolute Gasteiger partial charge is 0.336 e. The van der Waals surface area contributed by atoms with Gasteiger partial charge in [0.25, 0.3) is 5.91 Å². The monoisotopic (exact) mass is 456 g/mol. The predicted molar refractivity (Wildman–Crippen MR) is 122 cm³/mol. The summed E-state index contributed by atoms with van der Waals surface area (Å²) in [6.45, 7) is -0.204. The van der Waals surface area contributed by atoms with Crippen LogP contribution in [0.2, 0.25) is 5.02 Å². The summed E-state index contributed by atoms with van der Waals surface area (Å²) < 4.78 is 5.39. The third-order valence-corrected chi connectivity index (χ3v) is 5.88. The fraction of sp³-hybridized carbons (Fsp3) is 0.0476. The maximum atomic E-state index is 12.7. The van der Waals surface area contributed by atoms with E-state index in [-0.39, 0.29) is 12.5 Å². The van der Waals surface area contributed by atoms with Gasteiger partial charge in [-0.3, -0.25) is 14.5 Å². The maximum absolute atomic E-state index is 12.7. The minimum Gasteiger partial charge on any atom is -0.423 e. The molecule has 150 valence electrons. The molecule has 3 aromatic rings. The normalized spacial score (nSPS) is 15.2. The number of nitrogens with one attached hydrogen (secondary N) is 1. The molecular weight excluding hydrogens is 444 g/mol. The molecule has 2 heterocycles. The number of rotatable bonds is 4. The first kappa shape index (κ1) is 20.3. The lowest BCUT2D eigenvalue weighted by Gasteiger charge is -2.14. The first-order valence-electron chi connectivity index (χ1n) is 8.74. The summed E-state index contributed by atoms with van der Waals surface area (Å²) in [7, 11) is 0. The molecule has 1 N–H and O–H groups in total. The molecule has 4 rings (SSSR count). The van der Waals surface area contributed by atoms with Crippen LogP contribution < -0.4 is 10.9 Å². The average molecular weight is 457 g/mol. The van der Waals surface area contributed by atoms with Crippen LogP contribution in [0.25, 0.3) is 17.0 Å². The lowest BCUT2D eigenvalue weighted by Crippen LogP contribution is -2.36. The van der Waals surface area contributed by atoms with E-state index in [1.807, 2.05) is 0 Å². The molecule has 0 unspecified atom stereocenters. The average Bonchev–Trinajstić information content (AvgIpc) is 2.97. The highest BCUT2D eigenvalue weighted by Gasteiger charge is 2.33. The Morgan fingerprint density at radius 1 is 1.13 bits per heavy atom. The molecule has 2 amide bonds. The van der Waals surface area contributed by atoms with Crippen LogP contribution in [0.15, 0.2) is 68.7 Å². The number of hydrogen-bond acceptors (Lipinski definition) is 6. The molecule has 0 saturated carbocycles. The lowest BCUT2D eigenvalue weighted by molar-refractivity contribution is -0.126. The van der Waals surface area contributed by atoms with Gasteiger partial charge in [-0.2, -0.15) is 0 Å². The van der Waals surface area contributed by atoms with E-state index < -0.39 is 11.5 Å². The molecule has 0 aliphatic carbocycles. The van der Waals surface area contributed by atoms with Crippen molar-refractivity contribution in [2.45, 2.75) is 0 Å². The molecule has 9 heteroatoms. The van der Waals surface area contributed by atoms with Crippen LogP contribution in [-0.4, -0.2) is 27.6 Å². The molecule has 0 spiro atoms. The number of nitrogens with zero attached hydrogens (tertiary/aromatic N) is 1. The number of anilines is 1. The van der Waals surface area contributed by atoms with Gasteiger partial charge in [0, 0.05) is 22.2 Å². The van der Waals surface area contributed by atoms with Crippen molar-refractivity contribution in [2.24, 2.45) is 0 Å². The number of benzene rings is 2. The number of fused-ring (bicyclic) bond motifs is 1. The highest BCUT2D eigenvalue weighted by molar-refractivity contribution is 8.26. The van der Waals surface area contributed by atoms with Crippen molar-refractivity contribution >= 4 is 74.4 Å². The van der Waals surface area contributed by atoms with E-state index in [0.29, 0.717) is 30.9 Å². The Bertz CT molecular complexity index is 1270. The van der Waals surface area contributed by atoms with Gasteiger partial charge >= 0.3 is 5.63 Å². The Kier molecular flexibility index (Phi) is 5.72. The molecule has 6 nitrogen and oxygen atoms in total. The van der Waals surface area contributed by atoms with E-state index in [9.17, 15) is 14.4 Å². The molecular formula is C21H13ClN2O4S2. The van der Waals surface area contributed by atoms with Gasteiger partial charge in [0.1, 0.15) is 16.4 Å². The van der Waals surface area contributed by atoms with Crippen molar-refractivity contribution in [2.75, 3.05) is 11.9 Å². The van der Waals surface area contributed by atoms with Crippen molar-refractivity contribution in [3.63, 3.8) is 0 Å². The van der Waals surface area contributed by atoms with E-state index >= 15 is 0 Å². The number of thioether (sulfide) groups is 1. The second kappa shape index (κ2) is 8.43. The Hall–Kier alpha value is -2.94. The number of thiocarbonyl (C=S) groups is 1. The molecule has 0 atom stereocenters. The first-order chi connectivity index (χ1) is 14.4. The summed E-state index contributed by atoms with van der Waals surface area (Å²) in [6, 6.07) is 14.9. The third-order valence-electron chi connectivity index (χ3n) is 4.25. The van der Waals surface area contributed by atoms with Crippen molar-refractivity contribution < 1.29 is 14.0 Å². The minimum atomic E-state index is -0.444. The van der Waals surface area contributed by atoms with Crippen LogP contribution in [0, 0.1) is 0 Å². The third kappa shape index (κ3) is 4.46. The van der Waals surface area contributed by atoms with Crippen LogP contribution in [0.4, 0.5) is 5.69 Å². The SMILES string of the molecule is O=C(CN1C(=O)C(=Cc2ccc(Cl)cc2)SC1=S)Nc1ccc2oc(=O)ccc2c1. The topological polar surface area (TPSA) is 79.6 Å². The Morgan fingerprint density at radius 2 is 1.90 bits per heavy atom. The van der Waals surface area contributed by atoms with Crippen LogP contribution in [0.5, 0.6) is 0 Å². The van der Waals surface area contributed by atoms with Gasteiger partial charge in [-0.15, -0.1) is 0 Å². The van der Waals surface area contributed by atoms with Gasteiger partial charge in [-0.25, -0.2) is 4.79 Å². The van der Waals surface area contributed by atoms with Crippen molar-refractivity contribution in [3.05, 3.63) is 80.5 Å². The molecule has 1 aromatic heterocycles. The van der Waals surface area contributed by atoms with Gasteiger partial charge in [0.15, 0.2) is 0 Å². The van der Waals surface area contributed by atoms with Crippen molar-refractivity contribution in [1.29, 1.82) is 0 Å². The minimum absolute atomic E-state index is 0.204. The summed E-state index contributed by atoms with van der Waals surface area (Å²) in [5.41, 5.74) is 1.31. The van der Waals surface area contributed by atoms with Crippen LogP contribution in [0.1, 0.15) is 5.56 Å². The first-order valence-corrected chi connectivity index (χ1v) is 10.3. The highest BCUT2D eigenvalue weighted by atomic mass is 35.5. The van der Waals surface area contributed by atoms with Gasteiger partial charge in [-0.1, -0.05) is 47.7 Å². The zero-order chi connectivity index (χ0) is 21.3. The van der Waals surface area contributed by atoms with Crippen LogP contribution in [-0.2, 0) is 9.59 Å². The molecule has 1 aliphatic rings. The zero-order valence-electron chi connectivity index (χ0n) is 15.3. The van der Waals surface area contributed by atoms with Crippen LogP contribution in [0.3, 0.4) is 0 Å². The summed E-state index contributed by atoms with van der Waals surface area (Å²) in [5.74, 6) is -0.717. The predicted octanol–water partition coefficient (Wildman–Crippen LogP) is 4.29. The summed E-state index contributed by atoms with van der Waals surface area (Å²) >= 11 is 12.3. The fourth-order valence-electron chi connectivity index (χ4n) is 2.84. The second-order valence-electron chi connectivity index (χ2n) is 6.37. The highest BCUT2D eigenvalue weighted by Crippen LogP contribution is 2.32. The molecule has 1 fully saturated rings. The molecule has 2 aromatic carbocycles. The number of halogens is 1. The van der Waals surface area contributed by atoms with E-state index in [1.165, 1.54) is 11.0 Å². The Balaban J connectivity index is 1.45. The summed E-state index contributed by atoms with van der Waals surface area (Å²) in [6.07, 6.45) is 1.71. The van der Waals surface area contributed by atoms with E-state index in [1.54, 1.807) is 54.6 Å². The van der Waals surface area contributed by atoms with E-state index in [2.05, 4.69) is 5.32 Å². The van der Waals surface area contributed by atoms with Gasteiger partial charge in [0.05, 0.1) is 4.91 Å². The maximum Gasteiger partial charge on any atom is 0.336 e. The Labute approximate surface area is 185 Å². The largest absolute Gasteiger partial charge is 0.423 e. The van der Waals surface area contributed by atoms with E-state index in [4.69, 9.17) is 28.2 Å². The van der Waals surface area contributed by atoms with Gasteiger partial charge in [-0.05, 0) is 48.0 Å². The second-order valence-corrected chi connectivity index (χ2v) is 8.49. The summed E-state index contributed by atoms with van der Waals surface area (Å²) in [4.78, 5) is 38.1. The molecule has 0 bridgehead atoms. The van der Waals surface area contributed by atoms with Crippen molar-refractivity contribution in [1.82, 2.24) is 4.90 Å². The standard InChI is InChI=1S/C21H13ClN2O4S2/c22-14-4-1-12(2-5-14)9-17-20(27)24(21(29)30-17)11-18(25)23-15-6-7-16-13(10-15)3-8-19(26)28-16/h1-10H,11H2,(H,23,25). The van der Waals surface area contributed by atoms with E-state index in [0.717, 1.165) is 17.3 Å². The number of carbonyl (C=O) groups is 2. The molecule has 30 heavy (non-hydrogen) atoms. The van der Waals surface area contributed by atoms with Crippen molar-refractivity contribution in [3.8, 4) is 0 Å². The lowest BCUT2D eigenvalue weighted by atomic mass is 10.2. The molecule has 1 saturated heterocycles. The number of hydrogen-bond donors (Lipinski definition) is 1. The zero-order valence-corrected chi connectivity index (χ0v) is 17.6. The molecule has 0 radical (unpaired) electrons. The number of carbonyl (C=O) groups excluding carboxylic acids is 2. The van der Waals surface area contributed by atoms with Gasteiger partial charge in [0.2, 0.25) is 5.91 Å². The Morgan fingerprint density at radius 3 is 2.67 bits per heavy atom. The van der Waals surface area contributed by atoms with Crippen LogP contribution >= 0.6 is 35.6 Å². The summed E-state index contributed by atoms with van der Waals surface area (Å²) in [5, 5.41) is 4.01. The molecule has 1 aliphatic heterocycles. The number of amides is 2. The van der Waals surface area contributed by atoms with Gasteiger partial charge < -0.3 is 9.73 Å². The quantitative estimate of drug-likeness (QED) is 0.358. The fourth-order valence-corrected chi connectivity index (χ4v) is 4.22.